The SMILES string of the molecule is C=CCNc1nnc(SCC(=O)NC(c2ccccc2)c2ccccc2)s1. The molecule has 1 heterocycles. The zero-order valence-electron chi connectivity index (χ0n) is 14.7. The molecule has 0 unspecified atom stereocenters. The summed E-state index contributed by atoms with van der Waals surface area (Å²) in [5, 5.41) is 15.1. The van der Waals surface area contributed by atoms with E-state index in [1.807, 2.05) is 60.7 Å². The van der Waals surface area contributed by atoms with Crippen molar-refractivity contribution in [3.63, 3.8) is 0 Å². The van der Waals surface area contributed by atoms with Crippen LogP contribution in [0.3, 0.4) is 0 Å². The van der Waals surface area contributed by atoms with Crippen molar-refractivity contribution in [1.82, 2.24) is 15.5 Å². The minimum absolute atomic E-state index is 0.0477. The summed E-state index contributed by atoms with van der Waals surface area (Å²) in [4.78, 5) is 12.5. The second-order valence-electron chi connectivity index (χ2n) is 5.65. The summed E-state index contributed by atoms with van der Waals surface area (Å²) in [6.07, 6.45) is 1.76. The van der Waals surface area contributed by atoms with E-state index in [9.17, 15) is 4.79 Å². The third-order valence-electron chi connectivity index (χ3n) is 3.70. The Morgan fingerprint density at radius 1 is 1.07 bits per heavy atom. The number of hydrogen-bond acceptors (Lipinski definition) is 6. The molecule has 0 aliphatic heterocycles. The normalized spacial score (nSPS) is 10.6. The van der Waals surface area contributed by atoms with Crippen molar-refractivity contribution in [1.29, 1.82) is 0 Å². The Morgan fingerprint density at radius 3 is 2.30 bits per heavy atom. The third kappa shape index (κ3) is 5.67. The number of hydrogen-bond donors (Lipinski definition) is 2. The molecule has 0 saturated carbocycles. The maximum absolute atomic E-state index is 12.5. The van der Waals surface area contributed by atoms with Gasteiger partial charge in [0.25, 0.3) is 0 Å². The first-order valence-corrected chi connectivity index (χ1v) is 10.3. The van der Waals surface area contributed by atoms with Gasteiger partial charge in [0.2, 0.25) is 11.0 Å². The maximum atomic E-state index is 12.5. The minimum Gasteiger partial charge on any atom is -0.357 e. The number of rotatable bonds is 9. The lowest BCUT2D eigenvalue weighted by Crippen LogP contribution is -2.30. The van der Waals surface area contributed by atoms with Crippen LogP contribution in [0, 0.1) is 0 Å². The second kappa shape index (κ2) is 9.89. The number of carbonyl (C=O) groups is 1. The van der Waals surface area contributed by atoms with Gasteiger partial charge in [0.05, 0.1) is 11.8 Å². The standard InChI is InChI=1S/C20H20N4OS2/c1-2-13-21-19-23-24-20(27-19)26-14-17(25)22-18(15-9-5-3-6-10-15)16-11-7-4-8-12-16/h2-12,18H,1,13-14H2,(H,21,23)(H,22,25). The van der Waals surface area contributed by atoms with Crippen LogP contribution in [-0.2, 0) is 4.79 Å². The van der Waals surface area contributed by atoms with Gasteiger partial charge in [-0.15, -0.1) is 16.8 Å². The molecule has 0 atom stereocenters. The summed E-state index contributed by atoms with van der Waals surface area (Å²) in [6.45, 7) is 4.29. The van der Waals surface area contributed by atoms with E-state index in [4.69, 9.17) is 0 Å². The number of nitrogens with zero attached hydrogens (tertiary/aromatic N) is 2. The Balaban J connectivity index is 1.63. The molecule has 0 aliphatic carbocycles. The lowest BCUT2D eigenvalue weighted by atomic mass is 9.99. The van der Waals surface area contributed by atoms with Gasteiger partial charge < -0.3 is 10.6 Å². The van der Waals surface area contributed by atoms with Crippen LogP contribution in [0.25, 0.3) is 0 Å². The number of anilines is 1. The van der Waals surface area contributed by atoms with Crippen LogP contribution in [0.4, 0.5) is 5.13 Å². The van der Waals surface area contributed by atoms with Crippen LogP contribution in [-0.4, -0.2) is 28.4 Å². The highest BCUT2D eigenvalue weighted by Gasteiger charge is 2.17. The van der Waals surface area contributed by atoms with Crippen molar-refractivity contribution < 1.29 is 4.79 Å². The van der Waals surface area contributed by atoms with Crippen molar-refractivity contribution in [2.24, 2.45) is 0 Å². The molecule has 3 aromatic rings. The maximum Gasteiger partial charge on any atom is 0.231 e. The molecule has 2 N–H and O–H groups in total. The molecular formula is C20H20N4OS2. The molecule has 138 valence electrons. The zero-order chi connectivity index (χ0) is 18.9. The number of benzene rings is 2. The minimum atomic E-state index is -0.181. The molecule has 27 heavy (non-hydrogen) atoms. The van der Waals surface area contributed by atoms with Gasteiger partial charge in [0.15, 0.2) is 4.34 Å². The summed E-state index contributed by atoms with van der Waals surface area (Å²) in [5.41, 5.74) is 2.10. The molecular weight excluding hydrogens is 376 g/mol. The van der Waals surface area contributed by atoms with Crippen molar-refractivity contribution in [3.8, 4) is 0 Å². The largest absolute Gasteiger partial charge is 0.357 e. The van der Waals surface area contributed by atoms with Crippen molar-refractivity contribution in [2.45, 2.75) is 10.4 Å². The van der Waals surface area contributed by atoms with E-state index in [1.54, 1.807) is 6.08 Å². The Bertz CT molecular complexity index is 828. The zero-order valence-corrected chi connectivity index (χ0v) is 16.3. The van der Waals surface area contributed by atoms with E-state index in [0.717, 1.165) is 20.6 Å². The van der Waals surface area contributed by atoms with E-state index in [-0.39, 0.29) is 17.7 Å². The first kappa shape index (κ1) is 19.1. The average Bonchev–Trinajstić information content (AvgIpc) is 3.18. The quantitative estimate of drug-likeness (QED) is 0.420. The van der Waals surface area contributed by atoms with E-state index < -0.39 is 0 Å². The fourth-order valence-corrected chi connectivity index (χ4v) is 4.05. The van der Waals surface area contributed by atoms with Crippen molar-refractivity contribution in [2.75, 3.05) is 17.6 Å². The van der Waals surface area contributed by atoms with Crippen LogP contribution >= 0.6 is 23.1 Å². The average molecular weight is 397 g/mol. The first-order valence-electron chi connectivity index (χ1n) is 8.46. The molecule has 7 heteroatoms. The lowest BCUT2D eigenvalue weighted by molar-refractivity contribution is -0.119. The summed E-state index contributed by atoms with van der Waals surface area (Å²) in [5.74, 6) is 0.236. The Labute approximate surface area is 166 Å². The number of thioether (sulfide) groups is 1. The molecule has 5 nitrogen and oxygen atoms in total. The highest BCUT2D eigenvalue weighted by Crippen LogP contribution is 2.26. The molecule has 2 aromatic carbocycles. The summed E-state index contributed by atoms with van der Waals surface area (Å²) >= 11 is 2.81. The van der Waals surface area contributed by atoms with Crippen LogP contribution in [0.15, 0.2) is 77.7 Å². The number of amides is 1. The first-order chi connectivity index (χ1) is 13.3. The molecule has 0 aliphatic rings. The molecule has 0 bridgehead atoms. The summed E-state index contributed by atoms with van der Waals surface area (Å²) in [6, 6.07) is 19.8. The topological polar surface area (TPSA) is 66.9 Å². The highest BCUT2D eigenvalue weighted by atomic mass is 32.2. The van der Waals surface area contributed by atoms with Gasteiger partial charge in [-0.3, -0.25) is 4.79 Å². The monoisotopic (exact) mass is 396 g/mol. The molecule has 0 saturated heterocycles. The van der Waals surface area contributed by atoms with Gasteiger partial charge in [0.1, 0.15) is 0 Å². The Kier molecular flexibility index (Phi) is 7.01. The van der Waals surface area contributed by atoms with Crippen LogP contribution in [0.1, 0.15) is 17.2 Å². The molecule has 0 radical (unpaired) electrons. The van der Waals surface area contributed by atoms with Gasteiger partial charge in [-0.1, -0.05) is 89.8 Å². The lowest BCUT2D eigenvalue weighted by Gasteiger charge is -2.19. The van der Waals surface area contributed by atoms with Gasteiger partial charge >= 0.3 is 0 Å². The van der Waals surface area contributed by atoms with Crippen molar-refractivity contribution >= 4 is 34.1 Å². The molecule has 3 rings (SSSR count). The second-order valence-corrected chi connectivity index (χ2v) is 7.85. The Hall–Kier alpha value is -2.64. The molecule has 0 fully saturated rings. The van der Waals surface area contributed by atoms with Gasteiger partial charge in [-0.05, 0) is 11.1 Å². The molecule has 0 spiro atoms. The fourth-order valence-electron chi connectivity index (χ4n) is 2.48. The van der Waals surface area contributed by atoms with Gasteiger partial charge in [-0.25, -0.2) is 0 Å². The fraction of sp³-hybridized carbons (Fsp3) is 0.150. The molecule has 1 amide bonds. The van der Waals surface area contributed by atoms with Crippen LogP contribution in [0.2, 0.25) is 0 Å². The van der Waals surface area contributed by atoms with E-state index >= 15 is 0 Å². The molecule has 1 aromatic heterocycles. The summed E-state index contributed by atoms with van der Waals surface area (Å²) < 4.78 is 0.757. The van der Waals surface area contributed by atoms with E-state index in [0.29, 0.717) is 6.54 Å². The highest BCUT2D eigenvalue weighted by molar-refractivity contribution is 8.01. The van der Waals surface area contributed by atoms with E-state index in [2.05, 4.69) is 27.4 Å². The number of aromatic nitrogens is 2. The third-order valence-corrected chi connectivity index (χ3v) is 5.72. The number of nitrogens with one attached hydrogen (secondary N) is 2. The van der Waals surface area contributed by atoms with E-state index in [1.165, 1.54) is 23.1 Å². The Morgan fingerprint density at radius 2 is 1.70 bits per heavy atom. The summed E-state index contributed by atoms with van der Waals surface area (Å²) in [7, 11) is 0. The smallest absolute Gasteiger partial charge is 0.231 e. The van der Waals surface area contributed by atoms with Gasteiger partial charge in [-0.2, -0.15) is 0 Å². The number of carbonyl (C=O) groups excluding carboxylic acids is 1. The van der Waals surface area contributed by atoms with Crippen molar-refractivity contribution in [3.05, 3.63) is 84.4 Å². The predicted octanol–water partition coefficient (Wildman–Crippen LogP) is 4.13. The van der Waals surface area contributed by atoms with Crippen LogP contribution in [0.5, 0.6) is 0 Å². The predicted molar refractivity (Wildman–Crippen MR) is 112 cm³/mol. The van der Waals surface area contributed by atoms with Gasteiger partial charge in [0, 0.05) is 6.54 Å². The van der Waals surface area contributed by atoms with Crippen LogP contribution < -0.4 is 10.6 Å².